The summed E-state index contributed by atoms with van der Waals surface area (Å²) >= 11 is 18.7. The lowest BCUT2D eigenvalue weighted by Crippen LogP contribution is -2.39. The summed E-state index contributed by atoms with van der Waals surface area (Å²) in [5, 5.41) is 0. The fourth-order valence-electron chi connectivity index (χ4n) is 1.78. The first-order valence-electron chi connectivity index (χ1n) is 5.23. The fraction of sp³-hybridized carbons (Fsp3) is 1.00. The molecule has 92 valence electrons. The Bertz CT molecular complexity index is 186. The third-order valence-electron chi connectivity index (χ3n) is 2.06. The summed E-state index contributed by atoms with van der Waals surface area (Å²) in [4.78, 5) is 0. The van der Waals surface area contributed by atoms with E-state index in [0.29, 0.717) is 17.7 Å². The van der Waals surface area contributed by atoms with Crippen LogP contribution in [-0.4, -0.2) is 28.1 Å². The van der Waals surface area contributed by atoms with Gasteiger partial charge in [0, 0.05) is 19.7 Å². The van der Waals surface area contributed by atoms with Gasteiger partial charge < -0.3 is 0 Å². The minimum atomic E-state index is -2.63. The van der Waals surface area contributed by atoms with Gasteiger partial charge in [0.25, 0.3) is 0 Å². The van der Waals surface area contributed by atoms with Crippen LogP contribution >= 0.6 is 40.9 Å². The van der Waals surface area contributed by atoms with Gasteiger partial charge in [0.2, 0.25) is 0 Å². The van der Waals surface area contributed by atoms with E-state index in [-0.39, 0.29) is 0 Å². The van der Waals surface area contributed by atoms with Crippen molar-refractivity contribution >= 4 is 46.5 Å². The van der Waals surface area contributed by atoms with Crippen LogP contribution in [0.25, 0.3) is 0 Å². The van der Waals surface area contributed by atoms with Gasteiger partial charge in [-0.25, -0.2) is 0 Å². The van der Waals surface area contributed by atoms with Gasteiger partial charge in [0.1, 0.15) is 0 Å². The van der Waals surface area contributed by atoms with Crippen LogP contribution in [0.1, 0.15) is 41.5 Å². The molecule has 0 amide bonds. The highest BCUT2D eigenvalue weighted by molar-refractivity contribution is 8.18. The third-order valence-corrected chi connectivity index (χ3v) is 13.5. The molecule has 0 aromatic carbocycles. The number of rotatable bonds is 5. The van der Waals surface area contributed by atoms with Gasteiger partial charge in [-0.2, -0.15) is 0 Å². The summed E-state index contributed by atoms with van der Waals surface area (Å²) in [6.07, 6.45) is 0. The van der Waals surface area contributed by atoms with Gasteiger partial charge in [-0.3, -0.25) is 4.67 Å². The van der Waals surface area contributed by atoms with Crippen molar-refractivity contribution in [3.63, 3.8) is 0 Å². The fourth-order valence-corrected chi connectivity index (χ4v) is 15.7. The lowest BCUT2D eigenvalue weighted by molar-refractivity contribution is 0.324. The zero-order valence-corrected chi connectivity index (χ0v) is 14.4. The summed E-state index contributed by atoms with van der Waals surface area (Å²) in [7, 11) is -0.635. The van der Waals surface area contributed by atoms with Gasteiger partial charge in [0.05, 0.1) is 0 Å². The van der Waals surface area contributed by atoms with Crippen LogP contribution in [0.15, 0.2) is 0 Å². The Hall–Kier alpha value is 1.48. The predicted octanol–water partition coefficient (Wildman–Crippen LogP) is 5.06. The molecule has 0 saturated carbocycles. The molecule has 0 radical (unpaired) electrons. The standard InChI is InChI=1S/C9H21Cl3NPSi/c1-7(2)13(8(3)4)14(9(5)6)15(10,11)12/h7-9H,1-6H3. The quantitative estimate of drug-likeness (QED) is 0.390. The summed E-state index contributed by atoms with van der Waals surface area (Å²) in [5.41, 5.74) is -2.20. The van der Waals surface area contributed by atoms with Gasteiger partial charge in [-0.15, -0.1) is 33.2 Å². The molecule has 0 spiro atoms. The van der Waals surface area contributed by atoms with E-state index in [2.05, 4.69) is 46.2 Å². The highest BCUT2D eigenvalue weighted by Gasteiger charge is 2.44. The Kier molecular flexibility index (Phi) is 7.05. The van der Waals surface area contributed by atoms with Crippen molar-refractivity contribution in [2.75, 3.05) is 0 Å². The van der Waals surface area contributed by atoms with Gasteiger partial charge in [-0.1, -0.05) is 13.8 Å². The van der Waals surface area contributed by atoms with E-state index >= 15 is 0 Å². The van der Waals surface area contributed by atoms with E-state index in [1.165, 1.54) is 0 Å². The molecule has 1 nitrogen and oxygen atoms in total. The van der Waals surface area contributed by atoms with Crippen molar-refractivity contribution in [3.8, 4) is 0 Å². The third kappa shape index (κ3) is 5.10. The Labute approximate surface area is 110 Å². The molecular formula is C9H21Cl3NPSi. The largest absolute Gasteiger partial charge is 0.381 e. The lowest BCUT2D eigenvalue weighted by Gasteiger charge is -2.42. The first-order valence-corrected chi connectivity index (χ1v) is 12.5. The van der Waals surface area contributed by atoms with Crippen LogP contribution < -0.4 is 0 Å². The van der Waals surface area contributed by atoms with Crippen molar-refractivity contribution in [1.29, 1.82) is 0 Å². The minimum absolute atomic E-state index is 0.432. The highest BCUT2D eigenvalue weighted by atomic mass is 35.9. The molecule has 1 unspecified atom stereocenters. The molecule has 0 saturated heterocycles. The molecule has 6 heteroatoms. The summed E-state index contributed by atoms with van der Waals surface area (Å²) in [6, 6.07) is 0.864. The molecule has 0 aliphatic rings. The van der Waals surface area contributed by atoms with Crippen molar-refractivity contribution < 1.29 is 0 Å². The predicted molar refractivity (Wildman–Crippen MR) is 77.5 cm³/mol. The Morgan fingerprint density at radius 3 is 1.27 bits per heavy atom. The molecule has 0 heterocycles. The van der Waals surface area contributed by atoms with Gasteiger partial charge in [-0.05, 0) is 33.4 Å². The average molecular weight is 309 g/mol. The van der Waals surface area contributed by atoms with E-state index in [4.69, 9.17) is 33.2 Å². The van der Waals surface area contributed by atoms with E-state index in [1.807, 2.05) is 0 Å². The second-order valence-corrected chi connectivity index (χ2v) is 20.2. The van der Waals surface area contributed by atoms with Crippen LogP contribution in [-0.2, 0) is 0 Å². The van der Waals surface area contributed by atoms with Crippen molar-refractivity contribution in [2.24, 2.45) is 0 Å². The summed E-state index contributed by atoms with van der Waals surface area (Å²) in [6.45, 7) is 13.0. The van der Waals surface area contributed by atoms with Crippen molar-refractivity contribution in [1.82, 2.24) is 4.67 Å². The Morgan fingerprint density at radius 2 is 1.20 bits per heavy atom. The SMILES string of the molecule is CC(C)N(C(C)C)P(C(C)C)[Si](Cl)(Cl)Cl. The Balaban J connectivity index is 5.03. The smallest absolute Gasteiger partial charge is 0.277 e. The monoisotopic (exact) mass is 307 g/mol. The molecule has 15 heavy (non-hydrogen) atoms. The minimum Gasteiger partial charge on any atom is -0.277 e. The van der Waals surface area contributed by atoms with Crippen molar-refractivity contribution in [2.45, 2.75) is 59.3 Å². The van der Waals surface area contributed by atoms with Gasteiger partial charge >= 0.3 is 5.67 Å². The number of hydrogen-bond donors (Lipinski definition) is 0. The topological polar surface area (TPSA) is 3.24 Å². The first kappa shape index (κ1) is 16.5. The van der Waals surface area contributed by atoms with Crippen LogP contribution in [0, 0.1) is 0 Å². The van der Waals surface area contributed by atoms with Crippen molar-refractivity contribution in [3.05, 3.63) is 0 Å². The number of halogens is 3. The van der Waals surface area contributed by atoms with Crippen LogP contribution in [0.4, 0.5) is 0 Å². The molecule has 0 aliphatic heterocycles. The molecule has 0 bridgehead atoms. The maximum absolute atomic E-state index is 6.23. The summed E-state index contributed by atoms with van der Waals surface area (Å²) in [5.74, 6) is 0. The molecule has 1 atom stereocenters. The second-order valence-electron chi connectivity index (χ2n) is 4.47. The van der Waals surface area contributed by atoms with Crippen LogP contribution in [0.3, 0.4) is 0 Å². The molecule has 0 N–H and O–H groups in total. The molecular weight excluding hydrogens is 288 g/mol. The number of nitrogens with zero attached hydrogens (tertiary/aromatic N) is 1. The van der Waals surface area contributed by atoms with Crippen LogP contribution in [0.2, 0.25) is 0 Å². The Morgan fingerprint density at radius 1 is 0.867 bits per heavy atom. The first-order chi connectivity index (χ1) is 6.59. The molecule has 0 aliphatic carbocycles. The molecule has 0 aromatic rings. The normalized spacial score (nSPS) is 15.8. The maximum atomic E-state index is 6.23. The molecule has 0 rings (SSSR count). The number of hydrogen-bond acceptors (Lipinski definition) is 1. The molecule has 0 fully saturated rings. The zero-order valence-electron chi connectivity index (χ0n) is 10.3. The van der Waals surface area contributed by atoms with E-state index in [0.717, 1.165) is 0 Å². The van der Waals surface area contributed by atoms with Gasteiger partial charge in [0.15, 0.2) is 0 Å². The van der Waals surface area contributed by atoms with E-state index < -0.39 is 13.3 Å². The van der Waals surface area contributed by atoms with E-state index in [1.54, 1.807) is 0 Å². The van der Waals surface area contributed by atoms with Crippen LogP contribution in [0.5, 0.6) is 0 Å². The van der Waals surface area contributed by atoms with E-state index in [9.17, 15) is 0 Å². The lowest BCUT2D eigenvalue weighted by atomic mass is 10.3. The summed E-state index contributed by atoms with van der Waals surface area (Å²) < 4.78 is 2.39. The zero-order chi connectivity index (χ0) is 12.4. The maximum Gasteiger partial charge on any atom is 0.381 e. The highest BCUT2D eigenvalue weighted by Crippen LogP contribution is 2.60. The second kappa shape index (κ2) is 6.42. The molecule has 0 aromatic heterocycles. The average Bonchev–Trinajstić information content (AvgIpc) is 1.94.